The Balaban J connectivity index is 1.45. The van der Waals surface area contributed by atoms with E-state index in [9.17, 15) is 14.4 Å². The lowest BCUT2D eigenvalue weighted by molar-refractivity contribution is -0.140. The Kier molecular flexibility index (Phi) is 3.43. The zero-order chi connectivity index (χ0) is 19.0. The van der Waals surface area contributed by atoms with Gasteiger partial charge >= 0.3 is 0 Å². The maximum absolute atomic E-state index is 13.2. The van der Waals surface area contributed by atoms with E-state index >= 15 is 0 Å². The molecule has 4 aliphatic carbocycles. The van der Waals surface area contributed by atoms with Crippen molar-refractivity contribution in [2.45, 2.75) is 27.2 Å². The molecule has 140 valence electrons. The Labute approximate surface area is 159 Å². The SMILES string of the molecule is CC(=O)N(CN1C(=O)C2C3C=CC(C4CC34)C2C1=O)c1cc(C)cc(C)c1. The number of anilines is 1. The smallest absolute Gasteiger partial charge is 0.235 e. The summed E-state index contributed by atoms with van der Waals surface area (Å²) in [6.45, 7) is 5.45. The van der Waals surface area contributed by atoms with Gasteiger partial charge in [0.2, 0.25) is 17.7 Å². The number of rotatable bonds is 3. The van der Waals surface area contributed by atoms with Gasteiger partial charge in [0.1, 0.15) is 6.67 Å². The lowest BCUT2D eigenvalue weighted by Crippen LogP contribution is -2.44. The number of allylic oxidation sites excluding steroid dienone is 2. The van der Waals surface area contributed by atoms with Crippen LogP contribution in [0.25, 0.3) is 0 Å². The van der Waals surface area contributed by atoms with Crippen LogP contribution >= 0.6 is 0 Å². The normalized spacial score (nSPS) is 35.3. The summed E-state index contributed by atoms with van der Waals surface area (Å²) in [7, 11) is 0. The molecule has 5 aliphatic rings. The van der Waals surface area contributed by atoms with Crippen molar-refractivity contribution in [2.75, 3.05) is 11.6 Å². The third-order valence-electron chi connectivity index (χ3n) is 6.94. The lowest BCUT2D eigenvalue weighted by Gasteiger charge is -2.37. The highest BCUT2D eigenvalue weighted by atomic mass is 16.2. The summed E-state index contributed by atoms with van der Waals surface area (Å²) in [6.07, 6.45) is 5.49. The van der Waals surface area contributed by atoms with Gasteiger partial charge in [0.05, 0.1) is 11.8 Å². The van der Waals surface area contributed by atoms with Crippen molar-refractivity contribution in [1.82, 2.24) is 4.90 Å². The summed E-state index contributed by atoms with van der Waals surface area (Å²) >= 11 is 0. The molecular weight excluding hydrogens is 340 g/mol. The van der Waals surface area contributed by atoms with E-state index in [0.29, 0.717) is 11.8 Å². The first-order valence-corrected chi connectivity index (χ1v) is 9.77. The highest BCUT2D eigenvalue weighted by molar-refractivity contribution is 6.07. The lowest BCUT2D eigenvalue weighted by atomic mass is 9.63. The van der Waals surface area contributed by atoms with E-state index in [1.165, 1.54) is 11.8 Å². The van der Waals surface area contributed by atoms with Crippen LogP contribution in [-0.4, -0.2) is 29.3 Å². The molecule has 1 aliphatic heterocycles. The average molecular weight is 364 g/mol. The number of amides is 3. The number of aryl methyl sites for hydroxylation is 2. The molecule has 1 aromatic rings. The Morgan fingerprint density at radius 3 is 2.00 bits per heavy atom. The first kappa shape index (κ1) is 16.7. The highest BCUT2D eigenvalue weighted by Gasteiger charge is 2.67. The maximum atomic E-state index is 13.2. The van der Waals surface area contributed by atoms with Crippen LogP contribution in [0.5, 0.6) is 0 Å². The molecule has 0 N–H and O–H groups in total. The molecule has 0 aromatic heterocycles. The summed E-state index contributed by atoms with van der Waals surface area (Å²) < 4.78 is 0. The second kappa shape index (κ2) is 5.54. The fourth-order valence-electron chi connectivity index (χ4n) is 5.77. The van der Waals surface area contributed by atoms with Crippen LogP contribution in [0, 0.1) is 49.4 Å². The summed E-state index contributed by atoms with van der Waals surface area (Å²) in [5.41, 5.74) is 2.83. The van der Waals surface area contributed by atoms with Crippen LogP contribution in [0.1, 0.15) is 24.5 Å². The quantitative estimate of drug-likeness (QED) is 0.612. The number of hydrogen-bond acceptors (Lipinski definition) is 3. The van der Waals surface area contributed by atoms with E-state index in [-0.39, 0.29) is 48.1 Å². The van der Waals surface area contributed by atoms with Crippen LogP contribution in [0.15, 0.2) is 30.4 Å². The molecule has 1 saturated heterocycles. The van der Waals surface area contributed by atoms with Gasteiger partial charge < -0.3 is 0 Å². The molecule has 0 radical (unpaired) electrons. The summed E-state index contributed by atoms with van der Waals surface area (Å²) in [5.74, 6) is 0.795. The van der Waals surface area contributed by atoms with Gasteiger partial charge in [0, 0.05) is 12.6 Å². The molecule has 3 fully saturated rings. The van der Waals surface area contributed by atoms with Crippen LogP contribution in [0.4, 0.5) is 5.69 Å². The van der Waals surface area contributed by atoms with Crippen molar-refractivity contribution in [3.8, 4) is 0 Å². The molecule has 1 aromatic carbocycles. The molecule has 6 atom stereocenters. The van der Waals surface area contributed by atoms with E-state index in [4.69, 9.17) is 0 Å². The molecule has 1 heterocycles. The Morgan fingerprint density at radius 2 is 1.52 bits per heavy atom. The Bertz CT molecular complexity index is 849. The second-order valence-corrected chi connectivity index (χ2v) is 8.69. The van der Waals surface area contributed by atoms with Gasteiger partial charge in [-0.15, -0.1) is 0 Å². The molecular formula is C22H24N2O3. The first-order chi connectivity index (χ1) is 12.9. The Morgan fingerprint density at radius 1 is 1.00 bits per heavy atom. The van der Waals surface area contributed by atoms with Gasteiger partial charge in [-0.05, 0) is 67.2 Å². The van der Waals surface area contributed by atoms with Crippen LogP contribution in [0.2, 0.25) is 0 Å². The van der Waals surface area contributed by atoms with E-state index < -0.39 is 0 Å². The van der Waals surface area contributed by atoms with Crippen LogP contribution < -0.4 is 4.90 Å². The molecule has 2 saturated carbocycles. The minimum Gasteiger partial charge on any atom is -0.294 e. The predicted octanol–water partition coefficient (Wildman–Crippen LogP) is 2.67. The van der Waals surface area contributed by atoms with Crippen molar-refractivity contribution in [2.24, 2.45) is 35.5 Å². The number of likely N-dealkylation sites (tertiary alicyclic amines) is 1. The van der Waals surface area contributed by atoms with Crippen molar-refractivity contribution < 1.29 is 14.4 Å². The van der Waals surface area contributed by atoms with E-state index in [1.54, 1.807) is 4.90 Å². The van der Waals surface area contributed by atoms with Gasteiger partial charge in [0.15, 0.2) is 0 Å². The summed E-state index contributed by atoms with van der Waals surface area (Å²) in [6, 6.07) is 5.89. The number of carbonyl (C=O) groups excluding carboxylic acids is 3. The minimum atomic E-state index is -0.218. The number of hydrogen-bond donors (Lipinski definition) is 0. The summed E-state index contributed by atoms with van der Waals surface area (Å²) in [4.78, 5) is 41.6. The second-order valence-electron chi connectivity index (χ2n) is 8.69. The minimum absolute atomic E-state index is 0.0116. The number of nitrogens with zero attached hydrogens (tertiary/aromatic N) is 2. The zero-order valence-electron chi connectivity index (χ0n) is 15.9. The predicted molar refractivity (Wildman–Crippen MR) is 100 cm³/mol. The largest absolute Gasteiger partial charge is 0.294 e. The molecule has 0 spiro atoms. The topological polar surface area (TPSA) is 57.7 Å². The maximum Gasteiger partial charge on any atom is 0.235 e. The average Bonchev–Trinajstić information content (AvgIpc) is 3.38. The van der Waals surface area contributed by atoms with Crippen molar-refractivity contribution in [3.05, 3.63) is 41.5 Å². The van der Waals surface area contributed by atoms with Gasteiger partial charge in [-0.25, -0.2) is 0 Å². The van der Waals surface area contributed by atoms with Gasteiger partial charge in [0.25, 0.3) is 0 Å². The van der Waals surface area contributed by atoms with E-state index in [2.05, 4.69) is 12.2 Å². The monoisotopic (exact) mass is 364 g/mol. The molecule has 3 amide bonds. The van der Waals surface area contributed by atoms with Crippen molar-refractivity contribution >= 4 is 23.4 Å². The first-order valence-electron chi connectivity index (χ1n) is 9.77. The molecule has 6 unspecified atom stereocenters. The molecule has 5 heteroatoms. The third kappa shape index (κ3) is 2.33. The van der Waals surface area contributed by atoms with Gasteiger partial charge in [-0.1, -0.05) is 18.2 Å². The fourth-order valence-corrected chi connectivity index (χ4v) is 5.77. The number of benzene rings is 1. The molecule has 27 heavy (non-hydrogen) atoms. The van der Waals surface area contributed by atoms with E-state index in [1.807, 2.05) is 32.0 Å². The van der Waals surface area contributed by atoms with Gasteiger partial charge in [-0.2, -0.15) is 0 Å². The molecule has 2 bridgehead atoms. The Hall–Kier alpha value is -2.43. The standard InChI is InChI=1S/C22H24N2O3/c1-11-6-12(2)8-14(7-11)23(13(3)25)10-24-21(26)19-15-4-5-16(18-9-17(15)18)20(19)22(24)27/h4-8,15-20H,9-10H2,1-3H3. The number of imide groups is 1. The summed E-state index contributed by atoms with van der Waals surface area (Å²) in [5, 5.41) is 0. The molecule has 5 nitrogen and oxygen atoms in total. The third-order valence-corrected chi connectivity index (χ3v) is 6.94. The molecule has 6 rings (SSSR count). The fraction of sp³-hybridized carbons (Fsp3) is 0.500. The number of carbonyl (C=O) groups is 3. The van der Waals surface area contributed by atoms with Crippen LogP contribution in [0.3, 0.4) is 0 Å². The zero-order valence-corrected chi connectivity index (χ0v) is 15.9. The van der Waals surface area contributed by atoms with Crippen molar-refractivity contribution in [3.63, 3.8) is 0 Å². The van der Waals surface area contributed by atoms with Gasteiger partial charge in [-0.3, -0.25) is 24.2 Å². The van der Waals surface area contributed by atoms with E-state index in [0.717, 1.165) is 23.2 Å². The van der Waals surface area contributed by atoms with Crippen molar-refractivity contribution in [1.29, 1.82) is 0 Å². The van der Waals surface area contributed by atoms with Crippen LogP contribution in [-0.2, 0) is 14.4 Å². The highest BCUT2D eigenvalue weighted by Crippen LogP contribution is 2.65.